The highest BCUT2D eigenvalue weighted by molar-refractivity contribution is 6.30. The van der Waals surface area contributed by atoms with E-state index >= 15 is 0 Å². The zero-order valence-electron chi connectivity index (χ0n) is 13.0. The smallest absolute Gasteiger partial charge is 0.227 e. The predicted molar refractivity (Wildman–Crippen MR) is 95.8 cm³/mol. The molecule has 0 aliphatic carbocycles. The van der Waals surface area contributed by atoms with Crippen LogP contribution in [0.4, 0.5) is 17.5 Å². The minimum Gasteiger partial charge on any atom is -0.352 e. The molecule has 0 radical (unpaired) electrons. The minimum absolute atomic E-state index is 0.599. The van der Waals surface area contributed by atoms with E-state index in [-0.39, 0.29) is 0 Å². The maximum atomic E-state index is 6.01. The van der Waals surface area contributed by atoms with Gasteiger partial charge in [0, 0.05) is 48.2 Å². The monoisotopic (exact) mass is 337 g/mol. The standard InChI is InChI=1S/C18H16ClN5/c19-14-4-3-5-15(10-14)22-18-21-11-13-12-24(9-7-16(13)23-18)17-6-1-2-8-20-17/h1-6,8,10-11H,7,9,12H2,(H,21,22,23). The first-order chi connectivity index (χ1) is 11.8. The van der Waals surface area contributed by atoms with Crippen molar-refractivity contribution >= 4 is 29.1 Å². The van der Waals surface area contributed by atoms with E-state index < -0.39 is 0 Å². The third kappa shape index (κ3) is 3.16. The Bertz CT molecular complexity index is 853. The third-order valence-electron chi connectivity index (χ3n) is 3.99. The lowest BCUT2D eigenvalue weighted by Crippen LogP contribution is -2.31. The molecule has 1 N–H and O–H groups in total. The Morgan fingerprint density at radius 1 is 1.08 bits per heavy atom. The number of halogens is 1. The molecule has 0 saturated carbocycles. The number of aromatic nitrogens is 3. The van der Waals surface area contributed by atoms with Gasteiger partial charge >= 0.3 is 0 Å². The Morgan fingerprint density at radius 3 is 2.88 bits per heavy atom. The van der Waals surface area contributed by atoms with Gasteiger partial charge in [-0.05, 0) is 30.3 Å². The molecule has 5 nitrogen and oxygen atoms in total. The number of fused-ring (bicyclic) bond motifs is 1. The molecule has 4 rings (SSSR count). The molecule has 0 spiro atoms. The van der Waals surface area contributed by atoms with Gasteiger partial charge in [0.1, 0.15) is 5.82 Å². The molecule has 3 aromatic rings. The summed E-state index contributed by atoms with van der Waals surface area (Å²) in [7, 11) is 0. The molecular weight excluding hydrogens is 322 g/mol. The minimum atomic E-state index is 0.599. The van der Waals surface area contributed by atoms with E-state index in [1.54, 1.807) is 0 Å². The van der Waals surface area contributed by atoms with Crippen LogP contribution in [0.1, 0.15) is 11.3 Å². The summed E-state index contributed by atoms with van der Waals surface area (Å²) in [6.07, 6.45) is 4.59. The quantitative estimate of drug-likeness (QED) is 0.787. The normalized spacial score (nSPS) is 13.5. The maximum absolute atomic E-state index is 6.01. The molecule has 0 saturated heterocycles. The van der Waals surface area contributed by atoms with Crippen molar-refractivity contribution in [2.24, 2.45) is 0 Å². The maximum Gasteiger partial charge on any atom is 0.227 e. The van der Waals surface area contributed by atoms with Crippen molar-refractivity contribution in [3.8, 4) is 0 Å². The average Bonchev–Trinajstić information content (AvgIpc) is 2.62. The van der Waals surface area contributed by atoms with Crippen LogP contribution in [-0.4, -0.2) is 21.5 Å². The van der Waals surface area contributed by atoms with Gasteiger partial charge in [0.15, 0.2) is 0 Å². The van der Waals surface area contributed by atoms with E-state index in [1.165, 1.54) is 0 Å². The van der Waals surface area contributed by atoms with Gasteiger partial charge in [0.05, 0.1) is 5.69 Å². The molecule has 0 bridgehead atoms. The largest absolute Gasteiger partial charge is 0.352 e. The number of pyridine rings is 1. The van der Waals surface area contributed by atoms with Gasteiger partial charge < -0.3 is 10.2 Å². The highest BCUT2D eigenvalue weighted by atomic mass is 35.5. The summed E-state index contributed by atoms with van der Waals surface area (Å²) < 4.78 is 0. The van der Waals surface area contributed by atoms with E-state index in [0.29, 0.717) is 11.0 Å². The first kappa shape index (κ1) is 14.9. The van der Waals surface area contributed by atoms with E-state index in [4.69, 9.17) is 11.6 Å². The molecule has 0 amide bonds. The Morgan fingerprint density at radius 2 is 2.04 bits per heavy atom. The fraction of sp³-hybridized carbons (Fsp3) is 0.167. The molecule has 24 heavy (non-hydrogen) atoms. The molecule has 0 atom stereocenters. The molecule has 120 valence electrons. The number of nitrogens with zero attached hydrogens (tertiary/aromatic N) is 4. The highest BCUT2D eigenvalue weighted by Crippen LogP contribution is 2.23. The number of hydrogen-bond donors (Lipinski definition) is 1. The molecule has 0 unspecified atom stereocenters. The molecule has 0 fully saturated rings. The van der Waals surface area contributed by atoms with E-state index in [0.717, 1.165) is 42.3 Å². The fourth-order valence-corrected chi connectivity index (χ4v) is 3.00. The zero-order valence-corrected chi connectivity index (χ0v) is 13.7. The van der Waals surface area contributed by atoms with Gasteiger partial charge in [-0.1, -0.05) is 23.7 Å². The van der Waals surface area contributed by atoms with E-state index in [1.807, 2.05) is 54.9 Å². The van der Waals surface area contributed by atoms with Crippen LogP contribution >= 0.6 is 11.6 Å². The lowest BCUT2D eigenvalue weighted by molar-refractivity contribution is 0.698. The number of benzene rings is 1. The summed E-state index contributed by atoms with van der Waals surface area (Å²) in [6, 6.07) is 13.5. The van der Waals surface area contributed by atoms with Gasteiger partial charge in [-0.15, -0.1) is 0 Å². The van der Waals surface area contributed by atoms with Gasteiger partial charge in [-0.25, -0.2) is 15.0 Å². The van der Waals surface area contributed by atoms with Gasteiger partial charge in [-0.3, -0.25) is 0 Å². The Hall–Kier alpha value is -2.66. The first-order valence-corrected chi connectivity index (χ1v) is 8.19. The van der Waals surface area contributed by atoms with E-state index in [9.17, 15) is 0 Å². The van der Waals surface area contributed by atoms with Crippen molar-refractivity contribution in [3.05, 3.63) is 71.1 Å². The van der Waals surface area contributed by atoms with Crippen LogP contribution in [0.25, 0.3) is 0 Å². The summed E-state index contributed by atoms with van der Waals surface area (Å²) in [5, 5.41) is 3.89. The summed E-state index contributed by atoms with van der Waals surface area (Å²) >= 11 is 6.01. The van der Waals surface area contributed by atoms with Crippen molar-refractivity contribution < 1.29 is 0 Å². The van der Waals surface area contributed by atoms with Crippen molar-refractivity contribution in [3.63, 3.8) is 0 Å². The van der Waals surface area contributed by atoms with Crippen LogP contribution in [0.3, 0.4) is 0 Å². The van der Waals surface area contributed by atoms with Crippen molar-refractivity contribution in [2.45, 2.75) is 13.0 Å². The van der Waals surface area contributed by atoms with Gasteiger partial charge in [0.2, 0.25) is 5.95 Å². The van der Waals surface area contributed by atoms with Crippen LogP contribution in [0.15, 0.2) is 54.9 Å². The molecule has 3 heterocycles. The number of nitrogens with one attached hydrogen (secondary N) is 1. The second-order valence-electron chi connectivity index (χ2n) is 5.66. The Kier molecular flexibility index (Phi) is 4.01. The van der Waals surface area contributed by atoms with Gasteiger partial charge in [0.25, 0.3) is 0 Å². The molecule has 1 aliphatic heterocycles. The number of anilines is 3. The first-order valence-electron chi connectivity index (χ1n) is 7.81. The van der Waals surface area contributed by atoms with Crippen LogP contribution in [0, 0.1) is 0 Å². The summed E-state index contributed by atoms with van der Waals surface area (Å²) in [4.78, 5) is 15.7. The summed E-state index contributed by atoms with van der Waals surface area (Å²) in [5.41, 5.74) is 3.11. The summed E-state index contributed by atoms with van der Waals surface area (Å²) in [5.74, 6) is 1.59. The van der Waals surface area contributed by atoms with Crippen molar-refractivity contribution in [1.82, 2.24) is 15.0 Å². The third-order valence-corrected chi connectivity index (χ3v) is 4.22. The lowest BCUT2D eigenvalue weighted by Gasteiger charge is -2.29. The van der Waals surface area contributed by atoms with Crippen LogP contribution in [0.2, 0.25) is 5.02 Å². The van der Waals surface area contributed by atoms with Crippen LogP contribution in [0.5, 0.6) is 0 Å². The Labute approximate surface area is 145 Å². The summed E-state index contributed by atoms with van der Waals surface area (Å²) in [6.45, 7) is 1.68. The number of hydrogen-bond acceptors (Lipinski definition) is 5. The van der Waals surface area contributed by atoms with Gasteiger partial charge in [-0.2, -0.15) is 0 Å². The predicted octanol–water partition coefficient (Wildman–Crippen LogP) is 3.83. The van der Waals surface area contributed by atoms with Crippen LogP contribution in [-0.2, 0) is 13.0 Å². The Balaban J connectivity index is 1.53. The molecule has 2 aromatic heterocycles. The SMILES string of the molecule is Clc1cccc(Nc2ncc3c(n2)CCN(c2ccccn2)C3)c1. The lowest BCUT2D eigenvalue weighted by atomic mass is 10.1. The van der Waals surface area contributed by atoms with E-state index in [2.05, 4.69) is 25.2 Å². The average molecular weight is 338 g/mol. The number of rotatable bonds is 3. The molecule has 6 heteroatoms. The van der Waals surface area contributed by atoms with Crippen molar-refractivity contribution in [1.29, 1.82) is 0 Å². The van der Waals surface area contributed by atoms with Crippen LogP contribution < -0.4 is 10.2 Å². The zero-order chi connectivity index (χ0) is 16.4. The molecule has 1 aromatic carbocycles. The molecule has 1 aliphatic rings. The highest BCUT2D eigenvalue weighted by Gasteiger charge is 2.19. The second-order valence-corrected chi connectivity index (χ2v) is 6.10. The molecular formula is C18H16ClN5. The second kappa shape index (κ2) is 6.45. The van der Waals surface area contributed by atoms with Crippen molar-refractivity contribution in [2.75, 3.05) is 16.8 Å². The fourth-order valence-electron chi connectivity index (χ4n) is 2.81. The topological polar surface area (TPSA) is 53.9 Å².